The van der Waals surface area contributed by atoms with Crippen molar-refractivity contribution in [2.45, 2.75) is 13.3 Å². The van der Waals surface area contributed by atoms with Crippen LogP contribution in [0.3, 0.4) is 0 Å². The highest BCUT2D eigenvalue weighted by atomic mass is 16.5. The van der Waals surface area contributed by atoms with Crippen LogP contribution in [-0.4, -0.2) is 23.3 Å². The highest BCUT2D eigenvalue weighted by molar-refractivity contribution is 5.95. The Labute approximate surface area is 212 Å². The normalized spacial score (nSPS) is 10.8. The fraction of sp³-hybridized carbons (Fsp3) is 0.0968. The van der Waals surface area contributed by atoms with Gasteiger partial charge in [-0.05, 0) is 84.6 Å². The van der Waals surface area contributed by atoms with Crippen molar-refractivity contribution in [1.29, 1.82) is 0 Å². The largest absolute Gasteiger partial charge is 0.489 e. The zero-order valence-electron chi connectivity index (χ0n) is 20.4. The van der Waals surface area contributed by atoms with Crippen LogP contribution >= 0.6 is 0 Å². The minimum absolute atomic E-state index is 0.275. The molecule has 0 radical (unpaired) electrons. The quantitative estimate of drug-likeness (QED) is 0.161. The van der Waals surface area contributed by atoms with E-state index in [9.17, 15) is 4.79 Å². The predicted octanol–water partition coefficient (Wildman–Crippen LogP) is 6.51. The number of carbonyl (C=O) groups excluding carboxylic acids is 1. The number of nitrogens with zero attached hydrogens (tertiary/aromatic N) is 2. The molecule has 0 atom stereocenters. The van der Waals surface area contributed by atoms with Crippen molar-refractivity contribution in [2.24, 2.45) is 5.10 Å². The molecule has 1 N–H and O–H groups in total. The molecule has 3 aromatic carbocycles. The first-order valence-corrected chi connectivity index (χ1v) is 11.8. The lowest BCUT2D eigenvalue weighted by molar-refractivity contribution is 0.0955. The predicted molar refractivity (Wildman–Crippen MR) is 147 cm³/mol. The summed E-state index contributed by atoms with van der Waals surface area (Å²) in [5.74, 6) is 0.506. The summed E-state index contributed by atoms with van der Waals surface area (Å²) in [7, 11) is 0. The Morgan fingerprint density at radius 1 is 0.972 bits per heavy atom. The lowest BCUT2D eigenvalue weighted by Crippen LogP contribution is -2.17. The maximum atomic E-state index is 12.7. The Hall–Kier alpha value is -4.64. The molecule has 4 aromatic rings. The number of benzene rings is 3. The molecule has 36 heavy (non-hydrogen) atoms. The summed E-state index contributed by atoms with van der Waals surface area (Å²) in [6.07, 6.45) is 5.81. The minimum atomic E-state index is -0.275. The monoisotopic (exact) mass is 475 g/mol. The van der Waals surface area contributed by atoms with Crippen molar-refractivity contribution in [1.82, 2.24) is 9.99 Å². The molecular weight excluding hydrogens is 446 g/mol. The number of hydrazone groups is 1. The van der Waals surface area contributed by atoms with Gasteiger partial charge in [0.05, 0.1) is 11.9 Å². The van der Waals surface area contributed by atoms with E-state index in [0.717, 1.165) is 39.5 Å². The van der Waals surface area contributed by atoms with E-state index < -0.39 is 0 Å². The van der Waals surface area contributed by atoms with Gasteiger partial charge in [0.25, 0.3) is 5.91 Å². The second-order valence-electron chi connectivity index (χ2n) is 8.27. The number of rotatable bonds is 10. The fourth-order valence-electron chi connectivity index (χ4n) is 3.99. The van der Waals surface area contributed by atoms with Gasteiger partial charge < -0.3 is 9.30 Å². The van der Waals surface area contributed by atoms with Crippen molar-refractivity contribution in [2.75, 3.05) is 6.61 Å². The summed E-state index contributed by atoms with van der Waals surface area (Å²) < 4.78 is 7.87. The Bertz CT molecular complexity index is 1380. The van der Waals surface area contributed by atoms with Gasteiger partial charge in [-0.3, -0.25) is 4.79 Å². The highest BCUT2D eigenvalue weighted by Gasteiger charge is 2.11. The number of hydrogen-bond donors (Lipinski definition) is 1. The van der Waals surface area contributed by atoms with Crippen LogP contribution in [0, 0.1) is 6.92 Å². The first-order chi connectivity index (χ1) is 17.6. The molecule has 0 fully saturated rings. The van der Waals surface area contributed by atoms with Gasteiger partial charge in [-0.2, -0.15) is 5.10 Å². The maximum Gasteiger partial charge on any atom is 0.271 e. The van der Waals surface area contributed by atoms with Crippen molar-refractivity contribution in [3.8, 4) is 22.7 Å². The fourth-order valence-corrected chi connectivity index (χ4v) is 3.99. The first-order valence-electron chi connectivity index (χ1n) is 11.8. The van der Waals surface area contributed by atoms with Crippen LogP contribution in [0.2, 0.25) is 0 Å². The standard InChI is InChI=1S/C31H29N3O2/c1-4-9-27-21-24(13-19-30(27)36-20-5-2)22-32-33-31(35)26-14-16-28(17-15-26)34-23(3)12-18-29(34)25-10-7-6-8-11-25/h4-8,10-19,21-22H,1-2,9,20H2,3H3,(H,33,35)/b32-22+. The molecule has 0 aliphatic carbocycles. The number of allylic oxidation sites excluding steroid dienone is 1. The first kappa shape index (κ1) is 24.5. The van der Waals surface area contributed by atoms with Crippen molar-refractivity contribution < 1.29 is 9.53 Å². The van der Waals surface area contributed by atoms with E-state index in [1.54, 1.807) is 12.3 Å². The summed E-state index contributed by atoms with van der Waals surface area (Å²) in [5.41, 5.74) is 9.33. The summed E-state index contributed by atoms with van der Waals surface area (Å²) in [5, 5.41) is 4.14. The van der Waals surface area contributed by atoms with Crippen LogP contribution in [0.1, 0.15) is 27.2 Å². The minimum Gasteiger partial charge on any atom is -0.489 e. The molecule has 5 nitrogen and oxygen atoms in total. The lowest BCUT2D eigenvalue weighted by atomic mass is 10.1. The number of amides is 1. The molecule has 0 bridgehead atoms. The molecular formula is C31H29N3O2. The third kappa shape index (κ3) is 5.70. The van der Waals surface area contributed by atoms with Crippen molar-refractivity contribution >= 4 is 12.1 Å². The molecule has 0 saturated carbocycles. The van der Waals surface area contributed by atoms with Gasteiger partial charge in [0.1, 0.15) is 12.4 Å². The molecule has 5 heteroatoms. The zero-order valence-corrected chi connectivity index (χ0v) is 20.4. The summed E-state index contributed by atoms with van der Waals surface area (Å²) in [6.45, 7) is 9.99. The Morgan fingerprint density at radius 3 is 2.47 bits per heavy atom. The highest BCUT2D eigenvalue weighted by Crippen LogP contribution is 2.26. The number of ether oxygens (including phenoxy) is 1. The van der Waals surface area contributed by atoms with E-state index in [1.165, 1.54) is 0 Å². The van der Waals surface area contributed by atoms with Crippen molar-refractivity contribution in [3.63, 3.8) is 0 Å². The number of carbonyl (C=O) groups is 1. The lowest BCUT2D eigenvalue weighted by Gasteiger charge is -2.12. The van der Waals surface area contributed by atoms with E-state index in [0.29, 0.717) is 18.6 Å². The number of aromatic nitrogens is 1. The molecule has 0 aliphatic heterocycles. The van der Waals surface area contributed by atoms with Gasteiger partial charge >= 0.3 is 0 Å². The van der Waals surface area contributed by atoms with Gasteiger partial charge in [-0.25, -0.2) is 5.43 Å². The summed E-state index contributed by atoms with van der Waals surface area (Å²) in [4.78, 5) is 12.7. The molecule has 0 aliphatic rings. The summed E-state index contributed by atoms with van der Waals surface area (Å²) >= 11 is 0. The van der Waals surface area contributed by atoms with Crippen LogP contribution in [-0.2, 0) is 6.42 Å². The molecule has 1 heterocycles. The molecule has 1 amide bonds. The van der Waals surface area contributed by atoms with Crippen LogP contribution in [0.4, 0.5) is 0 Å². The maximum absolute atomic E-state index is 12.7. The molecule has 0 unspecified atom stereocenters. The number of nitrogens with one attached hydrogen (secondary N) is 1. The van der Waals surface area contributed by atoms with E-state index in [2.05, 4.69) is 59.4 Å². The molecule has 0 spiro atoms. The average Bonchev–Trinajstić information content (AvgIpc) is 3.30. The zero-order chi connectivity index (χ0) is 25.3. The van der Waals surface area contributed by atoms with Gasteiger partial charge in [0.2, 0.25) is 0 Å². The number of aryl methyl sites for hydroxylation is 1. The van der Waals surface area contributed by atoms with Crippen LogP contribution in [0.5, 0.6) is 5.75 Å². The molecule has 0 saturated heterocycles. The van der Waals surface area contributed by atoms with E-state index in [1.807, 2.05) is 66.7 Å². The topological polar surface area (TPSA) is 55.6 Å². The molecule has 180 valence electrons. The van der Waals surface area contributed by atoms with Gasteiger partial charge in [0.15, 0.2) is 0 Å². The SMILES string of the molecule is C=CCOc1ccc(/C=N/NC(=O)c2ccc(-n3c(C)ccc3-c3ccccc3)cc2)cc1CC=C. The van der Waals surface area contributed by atoms with Crippen molar-refractivity contribution in [3.05, 3.63) is 133 Å². The Morgan fingerprint density at radius 2 is 1.75 bits per heavy atom. The van der Waals surface area contributed by atoms with E-state index in [4.69, 9.17) is 4.74 Å². The van der Waals surface area contributed by atoms with Crippen LogP contribution in [0.25, 0.3) is 16.9 Å². The molecule has 1 aromatic heterocycles. The average molecular weight is 476 g/mol. The second-order valence-corrected chi connectivity index (χ2v) is 8.27. The van der Waals surface area contributed by atoms with Gasteiger partial charge in [0, 0.05) is 16.9 Å². The van der Waals surface area contributed by atoms with E-state index >= 15 is 0 Å². The molecule has 4 rings (SSSR count). The number of hydrogen-bond acceptors (Lipinski definition) is 3. The van der Waals surface area contributed by atoms with Gasteiger partial charge in [-0.1, -0.05) is 49.1 Å². The van der Waals surface area contributed by atoms with Gasteiger partial charge in [-0.15, -0.1) is 6.58 Å². The third-order valence-corrected chi connectivity index (χ3v) is 5.72. The summed E-state index contributed by atoms with van der Waals surface area (Å²) in [6, 6.07) is 27.7. The second kappa shape index (κ2) is 11.7. The third-order valence-electron chi connectivity index (χ3n) is 5.72. The van der Waals surface area contributed by atoms with Crippen LogP contribution < -0.4 is 10.2 Å². The van der Waals surface area contributed by atoms with E-state index in [-0.39, 0.29) is 5.91 Å². The Kier molecular flexibility index (Phi) is 7.94. The van der Waals surface area contributed by atoms with Crippen LogP contribution in [0.15, 0.2) is 115 Å². The smallest absolute Gasteiger partial charge is 0.271 e. The Balaban J connectivity index is 1.45.